The van der Waals surface area contributed by atoms with E-state index < -0.39 is 11.0 Å². The number of hydrogen-bond acceptors (Lipinski definition) is 6. The molecule has 0 aromatic heterocycles. The minimum Gasteiger partial charge on any atom is -0.497 e. The van der Waals surface area contributed by atoms with Crippen LogP contribution in [0.4, 0.5) is 4.79 Å². The molecule has 10 nitrogen and oxygen atoms in total. The molecular formula is C26H41N5O5S. The lowest BCUT2D eigenvalue weighted by atomic mass is 10.0. The van der Waals surface area contributed by atoms with Crippen LogP contribution >= 0.6 is 0 Å². The maximum atomic E-state index is 13.1. The van der Waals surface area contributed by atoms with Crippen LogP contribution in [-0.4, -0.2) is 133 Å². The van der Waals surface area contributed by atoms with Gasteiger partial charge in [0.25, 0.3) is 0 Å². The van der Waals surface area contributed by atoms with Crippen molar-refractivity contribution < 1.29 is 23.3 Å². The van der Waals surface area contributed by atoms with Gasteiger partial charge in [0.2, 0.25) is 5.91 Å². The van der Waals surface area contributed by atoms with Crippen molar-refractivity contribution in [3.63, 3.8) is 0 Å². The van der Waals surface area contributed by atoms with Crippen LogP contribution in [0.3, 0.4) is 0 Å². The number of rotatable bonds is 8. The number of likely N-dealkylation sites (tertiary alicyclic amines) is 2. The fourth-order valence-corrected chi connectivity index (χ4v) is 6.76. The zero-order chi connectivity index (χ0) is 26.7. The van der Waals surface area contributed by atoms with Gasteiger partial charge in [0.05, 0.1) is 18.6 Å². The molecule has 3 heterocycles. The summed E-state index contributed by atoms with van der Waals surface area (Å²) in [6.07, 6.45) is 0. The van der Waals surface area contributed by atoms with E-state index in [1.807, 2.05) is 40.7 Å². The Morgan fingerprint density at radius 2 is 1.54 bits per heavy atom. The molecule has 1 aromatic rings. The Morgan fingerprint density at radius 3 is 2.11 bits per heavy atom. The van der Waals surface area contributed by atoms with Crippen molar-refractivity contribution in [2.45, 2.75) is 18.7 Å². The lowest BCUT2D eigenvalue weighted by molar-refractivity contribution is -0.135. The number of carbonyl (C=O) groups excluding carboxylic acids is 2. The van der Waals surface area contributed by atoms with Crippen molar-refractivity contribution in [2.24, 2.45) is 11.8 Å². The second kappa shape index (κ2) is 12.1. The highest BCUT2D eigenvalue weighted by Gasteiger charge is 2.43. The summed E-state index contributed by atoms with van der Waals surface area (Å²) in [6, 6.07) is 3.91. The Balaban J connectivity index is 1.17. The number of nitrogens with zero attached hydrogens (tertiary/aromatic N) is 5. The molecule has 0 spiro atoms. The monoisotopic (exact) mass is 535 g/mol. The maximum absolute atomic E-state index is 13.1. The van der Waals surface area contributed by atoms with Crippen molar-refractivity contribution >= 4 is 22.9 Å². The van der Waals surface area contributed by atoms with Crippen LogP contribution < -0.4 is 4.74 Å². The van der Waals surface area contributed by atoms with Gasteiger partial charge in [0.15, 0.2) is 0 Å². The third-order valence-corrected chi connectivity index (χ3v) is 9.53. The van der Waals surface area contributed by atoms with Crippen LogP contribution in [-0.2, 0) is 20.5 Å². The predicted molar refractivity (Wildman–Crippen MR) is 142 cm³/mol. The van der Waals surface area contributed by atoms with Crippen LogP contribution in [0.5, 0.6) is 5.75 Å². The van der Waals surface area contributed by atoms with Crippen molar-refractivity contribution in [1.29, 1.82) is 0 Å². The molecule has 0 bridgehead atoms. The molecule has 3 amide bonds. The van der Waals surface area contributed by atoms with Crippen LogP contribution in [0.15, 0.2) is 17.0 Å². The quantitative estimate of drug-likeness (QED) is 0.463. The minimum absolute atomic E-state index is 0.0167. The number of carbonyl (C=O) groups is 2. The fraction of sp³-hybridized carbons (Fsp3) is 0.692. The molecule has 0 saturated carbocycles. The van der Waals surface area contributed by atoms with Gasteiger partial charge >= 0.3 is 6.03 Å². The smallest absolute Gasteiger partial charge is 0.320 e. The highest BCUT2D eigenvalue weighted by molar-refractivity contribution is 7.82. The molecule has 3 fully saturated rings. The average molecular weight is 536 g/mol. The second-order valence-corrected chi connectivity index (χ2v) is 12.1. The molecule has 1 unspecified atom stereocenters. The molecular weight excluding hydrogens is 494 g/mol. The van der Waals surface area contributed by atoms with E-state index in [-0.39, 0.29) is 18.5 Å². The zero-order valence-electron chi connectivity index (χ0n) is 22.8. The molecule has 37 heavy (non-hydrogen) atoms. The van der Waals surface area contributed by atoms with E-state index in [2.05, 4.69) is 11.9 Å². The van der Waals surface area contributed by atoms with Gasteiger partial charge in [-0.05, 0) is 44.2 Å². The van der Waals surface area contributed by atoms with E-state index in [1.54, 1.807) is 18.5 Å². The molecule has 3 saturated heterocycles. The number of aryl methyl sites for hydroxylation is 2. The number of likely N-dealkylation sites (N-methyl/N-ethyl adjacent to an activating group) is 2. The van der Waals surface area contributed by atoms with Crippen LogP contribution in [0.25, 0.3) is 0 Å². The molecule has 0 N–H and O–H groups in total. The summed E-state index contributed by atoms with van der Waals surface area (Å²) in [5.74, 6) is 1.41. The van der Waals surface area contributed by atoms with Gasteiger partial charge in [0.1, 0.15) is 23.3 Å². The summed E-state index contributed by atoms with van der Waals surface area (Å²) in [7, 11) is 4.17. The van der Waals surface area contributed by atoms with Crippen molar-refractivity contribution in [2.75, 3.05) is 93.3 Å². The Kier molecular flexibility index (Phi) is 9.10. The molecule has 1 aromatic carbocycles. The van der Waals surface area contributed by atoms with E-state index in [4.69, 9.17) is 9.47 Å². The first-order valence-corrected chi connectivity index (χ1v) is 14.1. The fourth-order valence-electron chi connectivity index (χ4n) is 5.54. The molecule has 3 aliphatic rings. The highest BCUT2D eigenvalue weighted by Crippen LogP contribution is 2.32. The molecule has 3 aliphatic heterocycles. The van der Waals surface area contributed by atoms with Crippen LogP contribution in [0.2, 0.25) is 0 Å². The number of fused-ring (bicyclic) bond motifs is 1. The van der Waals surface area contributed by atoms with E-state index in [0.29, 0.717) is 38.1 Å². The zero-order valence-corrected chi connectivity index (χ0v) is 23.6. The standard InChI is InChI=1S/C26H41N5O5S/c1-19-12-23(35-5)13-20(2)25(19)37(34)28(4)10-11-36-18-24(32)30-14-21-16-31(17-22(21)15-30)26(33)29-8-6-27(3)7-9-29/h12-13,21-22H,6-11,14-18H2,1-5H3/t21-,22+,37?. The van der Waals surface area contributed by atoms with Crippen molar-refractivity contribution in [3.8, 4) is 5.75 Å². The largest absolute Gasteiger partial charge is 0.497 e. The lowest BCUT2D eigenvalue weighted by Crippen LogP contribution is -2.51. The number of urea groups is 1. The van der Waals surface area contributed by atoms with Gasteiger partial charge in [-0.25, -0.2) is 13.3 Å². The molecule has 11 heteroatoms. The van der Waals surface area contributed by atoms with Crippen LogP contribution in [0.1, 0.15) is 11.1 Å². The Morgan fingerprint density at radius 1 is 0.973 bits per heavy atom. The van der Waals surface area contributed by atoms with E-state index in [1.165, 1.54) is 0 Å². The third kappa shape index (κ3) is 6.45. The SMILES string of the molecule is COc1cc(C)c(S(=O)N(C)CCOCC(=O)N2C[C@@H]3CN(C(=O)N4CCN(C)CC4)C[C@@H]3C2)c(C)c1. The molecule has 3 atom stereocenters. The first kappa shape index (κ1) is 27.8. The van der Waals surface area contributed by atoms with Gasteiger partial charge in [-0.3, -0.25) is 4.79 Å². The Hall–Kier alpha value is -2.21. The Labute approximate surface area is 223 Å². The number of benzene rings is 1. The lowest BCUT2D eigenvalue weighted by Gasteiger charge is -2.35. The van der Waals surface area contributed by atoms with E-state index in [0.717, 1.165) is 61.0 Å². The molecule has 0 radical (unpaired) electrons. The summed E-state index contributed by atoms with van der Waals surface area (Å²) in [5, 5.41) is 0. The van der Waals surface area contributed by atoms with Crippen LogP contribution in [0, 0.1) is 25.7 Å². The summed E-state index contributed by atoms with van der Waals surface area (Å²) in [5.41, 5.74) is 1.84. The first-order valence-electron chi connectivity index (χ1n) is 13.0. The molecule has 206 valence electrons. The average Bonchev–Trinajstić information content (AvgIpc) is 3.45. The van der Waals surface area contributed by atoms with Gasteiger partial charge in [-0.2, -0.15) is 0 Å². The third-order valence-electron chi connectivity index (χ3n) is 7.79. The van der Waals surface area contributed by atoms with Gasteiger partial charge in [-0.1, -0.05) is 0 Å². The number of hydrogen-bond donors (Lipinski definition) is 0. The maximum Gasteiger partial charge on any atom is 0.320 e. The normalized spacial score (nSPS) is 23.0. The predicted octanol–water partition coefficient (Wildman–Crippen LogP) is 1.04. The summed E-state index contributed by atoms with van der Waals surface area (Å²) in [4.78, 5) is 34.5. The van der Waals surface area contributed by atoms with Gasteiger partial charge in [0, 0.05) is 77.8 Å². The minimum atomic E-state index is -1.33. The molecule has 4 rings (SSSR count). The number of piperazine rings is 1. The first-order chi connectivity index (χ1) is 17.7. The number of amides is 3. The van der Waals surface area contributed by atoms with E-state index in [9.17, 15) is 13.8 Å². The van der Waals surface area contributed by atoms with Gasteiger partial charge in [-0.15, -0.1) is 0 Å². The number of methoxy groups -OCH3 is 1. The summed E-state index contributed by atoms with van der Waals surface area (Å²) < 4.78 is 25.8. The topological polar surface area (TPSA) is 85.9 Å². The molecule has 0 aliphatic carbocycles. The number of ether oxygens (including phenoxy) is 2. The van der Waals surface area contributed by atoms with Crippen molar-refractivity contribution in [1.82, 2.24) is 23.9 Å². The highest BCUT2D eigenvalue weighted by atomic mass is 32.2. The summed E-state index contributed by atoms with van der Waals surface area (Å²) in [6.45, 7) is 10.8. The van der Waals surface area contributed by atoms with Crippen molar-refractivity contribution in [3.05, 3.63) is 23.3 Å². The van der Waals surface area contributed by atoms with E-state index >= 15 is 0 Å². The second-order valence-electron chi connectivity index (χ2n) is 10.5. The Bertz CT molecular complexity index is 978. The summed E-state index contributed by atoms with van der Waals surface area (Å²) >= 11 is 0. The van der Waals surface area contributed by atoms with Gasteiger partial charge < -0.3 is 29.1 Å².